The summed E-state index contributed by atoms with van der Waals surface area (Å²) in [6.07, 6.45) is 2.58. The van der Waals surface area contributed by atoms with Gasteiger partial charge < -0.3 is 10.6 Å². The summed E-state index contributed by atoms with van der Waals surface area (Å²) in [6, 6.07) is 4.41. The summed E-state index contributed by atoms with van der Waals surface area (Å²) in [5.74, 6) is 0.536. The van der Waals surface area contributed by atoms with Crippen LogP contribution in [0.2, 0.25) is 0 Å². The fourth-order valence-corrected chi connectivity index (χ4v) is 1.44. The second-order valence-electron chi connectivity index (χ2n) is 3.99. The van der Waals surface area contributed by atoms with E-state index in [1.165, 1.54) is 12.8 Å². The second-order valence-corrected chi connectivity index (χ2v) is 3.99. The Bertz CT molecular complexity index is 405. The molecule has 16 heavy (non-hydrogen) atoms. The van der Waals surface area contributed by atoms with Crippen molar-refractivity contribution in [3.63, 3.8) is 0 Å². The Morgan fingerprint density at radius 3 is 2.94 bits per heavy atom. The summed E-state index contributed by atoms with van der Waals surface area (Å²) in [5.41, 5.74) is 1.22. The molecule has 1 aliphatic rings. The van der Waals surface area contributed by atoms with Gasteiger partial charge in [-0.15, -0.1) is 0 Å². The maximum Gasteiger partial charge on any atom is 0.224 e. The summed E-state index contributed by atoms with van der Waals surface area (Å²) in [7, 11) is 0. The molecule has 0 aliphatic heterocycles. The SMILES string of the molecule is Cc1cc(C#N)nc(NCCNC2CC2)n1. The zero-order valence-electron chi connectivity index (χ0n) is 9.32. The number of hydrogen-bond acceptors (Lipinski definition) is 5. The van der Waals surface area contributed by atoms with Gasteiger partial charge >= 0.3 is 0 Å². The van der Waals surface area contributed by atoms with Gasteiger partial charge in [0, 0.05) is 24.8 Å². The summed E-state index contributed by atoms with van der Waals surface area (Å²) < 4.78 is 0. The van der Waals surface area contributed by atoms with E-state index in [9.17, 15) is 0 Å². The van der Waals surface area contributed by atoms with E-state index in [0.717, 1.165) is 24.8 Å². The smallest absolute Gasteiger partial charge is 0.224 e. The number of anilines is 1. The molecule has 1 fully saturated rings. The molecule has 84 valence electrons. The van der Waals surface area contributed by atoms with E-state index in [2.05, 4.69) is 20.6 Å². The Hall–Kier alpha value is -1.67. The third-order valence-corrected chi connectivity index (χ3v) is 2.39. The quantitative estimate of drug-likeness (QED) is 0.714. The van der Waals surface area contributed by atoms with Crippen molar-refractivity contribution in [2.45, 2.75) is 25.8 Å². The Morgan fingerprint density at radius 1 is 1.44 bits per heavy atom. The first-order valence-corrected chi connectivity index (χ1v) is 5.51. The fraction of sp³-hybridized carbons (Fsp3) is 0.545. The lowest BCUT2D eigenvalue weighted by Gasteiger charge is -2.06. The number of aromatic nitrogens is 2. The maximum absolute atomic E-state index is 8.76. The van der Waals surface area contributed by atoms with Crippen molar-refractivity contribution < 1.29 is 0 Å². The second kappa shape index (κ2) is 4.90. The van der Waals surface area contributed by atoms with Gasteiger partial charge in [-0.1, -0.05) is 0 Å². The highest BCUT2D eigenvalue weighted by atomic mass is 15.1. The predicted molar refractivity (Wildman–Crippen MR) is 61.0 cm³/mol. The summed E-state index contributed by atoms with van der Waals surface area (Å²) >= 11 is 0. The van der Waals surface area contributed by atoms with Gasteiger partial charge in [0.15, 0.2) is 0 Å². The number of rotatable bonds is 5. The normalized spacial score (nSPS) is 14.5. The summed E-state index contributed by atoms with van der Waals surface area (Å²) in [5, 5.41) is 15.3. The van der Waals surface area contributed by atoms with E-state index in [1.54, 1.807) is 6.07 Å². The average Bonchev–Trinajstić information content (AvgIpc) is 3.07. The first-order valence-electron chi connectivity index (χ1n) is 5.51. The zero-order chi connectivity index (χ0) is 11.4. The zero-order valence-corrected chi connectivity index (χ0v) is 9.32. The Morgan fingerprint density at radius 2 is 2.25 bits per heavy atom. The summed E-state index contributed by atoms with van der Waals surface area (Å²) in [4.78, 5) is 8.29. The van der Waals surface area contributed by atoms with Crippen molar-refractivity contribution in [1.29, 1.82) is 5.26 Å². The van der Waals surface area contributed by atoms with Gasteiger partial charge in [0.25, 0.3) is 0 Å². The van der Waals surface area contributed by atoms with Crippen molar-refractivity contribution in [3.05, 3.63) is 17.5 Å². The van der Waals surface area contributed by atoms with Crippen LogP contribution in [0.5, 0.6) is 0 Å². The molecule has 1 aromatic heterocycles. The number of nitrogens with one attached hydrogen (secondary N) is 2. The third kappa shape index (κ3) is 3.17. The van der Waals surface area contributed by atoms with Crippen LogP contribution in [-0.4, -0.2) is 29.1 Å². The molecule has 0 radical (unpaired) electrons. The van der Waals surface area contributed by atoms with Crippen LogP contribution in [0.15, 0.2) is 6.07 Å². The van der Waals surface area contributed by atoms with Crippen LogP contribution in [0.25, 0.3) is 0 Å². The molecule has 0 amide bonds. The van der Waals surface area contributed by atoms with E-state index in [1.807, 2.05) is 13.0 Å². The molecule has 0 unspecified atom stereocenters. The molecule has 0 saturated heterocycles. The standard InChI is InChI=1S/C11H15N5/c1-8-6-10(7-12)16-11(15-8)14-5-4-13-9-2-3-9/h6,9,13H,2-5H2,1H3,(H,14,15,16). The molecular formula is C11H15N5. The number of hydrogen-bond donors (Lipinski definition) is 2. The highest BCUT2D eigenvalue weighted by Gasteiger charge is 2.19. The third-order valence-electron chi connectivity index (χ3n) is 2.39. The molecule has 2 N–H and O–H groups in total. The topological polar surface area (TPSA) is 73.6 Å². The van der Waals surface area contributed by atoms with Crippen molar-refractivity contribution >= 4 is 5.95 Å². The Balaban J connectivity index is 1.83. The lowest BCUT2D eigenvalue weighted by atomic mass is 10.3. The molecule has 1 saturated carbocycles. The number of nitrogens with zero attached hydrogens (tertiary/aromatic N) is 3. The van der Waals surface area contributed by atoms with Gasteiger partial charge in [0.05, 0.1) is 0 Å². The van der Waals surface area contributed by atoms with E-state index in [4.69, 9.17) is 5.26 Å². The van der Waals surface area contributed by atoms with Gasteiger partial charge in [-0.25, -0.2) is 9.97 Å². The minimum absolute atomic E-state index is 0.408. The van der Waals surface area contributed by atoms with Crippen molar-refractivity contribution in [3.8, 4) is 6.07 Å². The van der Waals surface area contributed by atoms with Crippen LogP contribution in [0, 0.1) is 18.3 Å². The van der Waals surface area contributed by atoms with Gasteiger partial charge in [-0.2, -0.15) is 5.26 Å². The lowest BCUT2D eigenvalue weighted by Crippen LogP contribution is -2.24. The minimum atomic E-state index is 0.408. The Kier molecular flexibility index (Phi) is 3.32. The first kappa shape index (κ1) is 10.8. The molecule has 5 heteroatoms. The van der Waals surface area contributed by atoms with Crippen LogP contribution in [0.3, 0.4) is 0 Å². The van der Waals surface area contributed by atoms with Gasteiger partial charge in [-0.3, -0.25) is 0 Å². The highest BCUT2D eigenvalue weighted by Crippen LogP contribution is 2.17. The molecule has 0 aromatic carbocycles. The van der Waals surface area contributed by atoms with Gasteiger partial charge in [-0.05, 0) is 25.8 Å². The number of aryl methyl sites for hydroxylation is 1. The van der Waals surface area contributed by atoms with Crippen LogP contribution in [0.1, 0.15) is 24.2 Å². The first-order chi connectivity index (χ1) is 7.78. The van der Waals surface area contributed by atoms with Crippen molar-refractivity contribution in [1.82, 2.24) is 15.3 Å². The van der Waals surface area contributed by atoms with E-state index in [0.29, 0.717) is 11.6 Å². The van der Waals surface area contributed by atoms with E-state index in [-0.39, 0.29) is 0 Å². The number of nitriles is 1. The van der Waals surface area contributed by atoms with Crippen LogP contribution in [-0.2, 0) is 0 Å². The van der Waals surface area contributed by atoms with Crippen LogP contribution in [0.4, 0.5) is 5.95 Å². The van der Waals surface area contributed by atoms with Gasteiger partial charge in [0.2, 0.25) is 5.95 Å². The van der Waals surface area contributed by atoms with Crippen molar-refractivity contribution in [2.24, 2.45) is 0 Å². The van der Waals surface area contributed by atoms with Crippen LogP contribution < -0.4 is 10.6 Å². The highest BCUT2D eigenvalue weighted by molar-refractivity contribution is 5.32. The molecule has 0 spiro atoms. The molecule has 1 aromatic rings. The lowest BCUT2D eigenvalue weighted by molar-refractivity contribution is 0.699. The molecular weight excluding hydrogens is 202 g/mol. The molecule has 2 rings (SSSR count). The molecule has 5 nitrogen and oxygen atoms in total. The summed E-state index contributed by atoms with van der Waals surface area (Å²) in [6.45, 7) is 3.55. The van der Waals surface area contributed by atoms with E-state index >= 15 is 0 Å². The molecule has 1 heterocycles. The van der Waals surface area contributed by atoms with Gasteiger partial charge in [0.1, 0.15) is 11.8 Å². The average molecular weight is 217 g/mol. The van der Waals surface area contributed by atoms with Crippen LogP contribution >= 0.6 is 0 Å². The monoisotopic (exact) mass is 217 g/mol. The molecule has 1 aliphatic carbocycles. The minimum Gasteiger partial charge on any atom is -0.353 e. The Labute approximate surface area is 94.9 Å². The fourth-order valence-electron chi connectivity index (χ4n) is 1.44. The molecule has 0 bridgehead atoms. The molecule has 0 atom stereocenters. The van der Waals surface area contributed by atoms with E-state index < -0.39 is 0 Å². The maximum atomic E-state index is 8.76. The van der Waals surface area contributed by atoms with Crippen molar-refractivity contribution in [2.75, 3.05) is 18.4 Å². The predicted octanol–water partition coefficient (Wildman–Crippen LogP) is 0.821. The largest absolute Gasteiger partial charge is 0.353 e.